The molecule has 0 bridgehead atoms. The minimum atomic E-state index is -0.567. The lowest BCUT2D eigenvalue weighted by atomic mass is 10.1. The van der Waals surface area contributed by atoms with Crippen LogP contribution < -0.4 is 10.6 Å². The van der Waals surface area contributed by atoms with Gasteiger partial charge in [-0.3, -0.25) is 0 Å². The third kappa shape index (κ3) is 6.50. The van der Waals surface area contributed by atoms with Crippen LogP contribution in [-0.2, 0) is 4.74 Å². The minimum absolute atomic E-state index is 0.0372. The van der Waals surface area contributed by atoms with Gasteiger partial charge in [0.15, 0.2) is 0 Å². The summed E-state index contributed by atoms with van der Waals surface area (Å²) in [4.78, 5) is 25.6. The highest BCUT2D eigenvalue weighted by Gasteiger charge is 2.16. The molecule has 0 spiro atoms. The number of nitrogens with one attached hydrogen (secondary N) is 2. The third-order valence-electron chi connectivity index (χ3n) is 4.50. The Morgan fingerprint density at radius 3 is 1.65 bits per heavy atom. The van der Waals surface area contributed by atoms with E-state index in [0.717, 1.165) is 46.5 Å². The molecule has 3 rings (SSSR count). The highest BCUT2D eigenvalue weighted by atomic mass is 16.5. The van der Waals surface area contributed by atoms with Crippen molar-refractivity contribution >= 4 is 29.2 Å². The Hall–Kier alpha value is -3.48. The molecule has 0 saturated heterocycles. The second-order valence-electron chi connectivity index (χ2n) is 7.80. The summed E-state index contributed by atoms with van der Waals surface area (Å²) in [6, 6.07) is 12.1. The van der Waals surface area contributed by atoms with Crippen LogP contribution in [0.5, 0.6) is 0 Å². The van der Waals surface area contributed by atoms with Gasteiger partial charge in [0, 0.05) is 11.4 Å². The maximum absolute atomic E-state index is 12.5. The van der Waals surface area contributed by atoms with Crippen molar-refractivity contribution < 1.29 is 9.53 Å². The topological polar surface area (TPSA) is 89.0 Å². The van der Waals surface area contributed by atoms with Crippen LogP contribution in [0.2, 0.25) is 0 Å². The average Bonchev–Trinajstić information content (AvgIpc) is 2.66. The molecule has 0 atom stereocenters. The van der Waals surface area contributed by atoms with E-state index in [1.807, 2.05) is 58.9 Å². The van der Waals surface area contributed by atoms with Crippen molar-refractivity contribution in [3.05, 3.63) is 64.5 Å². The van der Waals surface area contributed by atoms with Gasteiger partial charge in [0.2, 0.25) is 17.7 Å². The number of aromatic nitrogens is 3. The molecular formula is C24H29N5O2. The van der Waals surface area contributed by atoms with Crippen LogP contribution in [0.15, 0.2) is 36.4 Å². The molecule has 0 saturated carbocycles. The normalized spacial score (nSPS) is 10.6. The first-order chi connectivity index (χ1) is 14.8. The number of anilines is 4. The van der Waals surface area contributed by atoms with Gasteiger partial charge < -0.3 is 15.4 Å². The predicted molar refractivity (Wildman–Crippen MR) is 123 cm³/mol. The smallest absolute Gasteiger partial charge is 0.376 e. The van der Waals surface area contributed by atoms with Gasteiger partial charge >= 0.3 is 5.97 Å². The highest BCUT2D eigenvalue weighted by molar-refractivity contribution is 5.86. The van der Waals surface area contributed by atoms with E-state index in [9.17, 15) is 4.79 Å². The predicted octanol–water partition coefficient (Wildman–Crippen LogP) is 5.55. The summed E-state index contributed by atoms with van der Waals surface area (Å²) in [7, 11) is 0. The zero-order chi connectivity index (χ0) is 22.4. The van der Waals surface area contributed by atoms with Gasteiger partial charge in [-0.15, -0.1) is 0 Å². The fourth-order valence-corrected chi connectivity index (χ4v) is 3.30. The molecule has 0 aliphatic rings. The van der Waals surface area contributed by atoms with Gasteiger partial charge in [0.1, 0.15) is 0 Å². The largest absolute Gasteiger partial charge is 0.460 e. The average molecular weight is 420 g/mol. The van der Waals surface area contributed by atoms with Crippen LogP contribution in [0.1, 0.15) is 52.6 Å². The Bertz CT molecular complexity index is 969. The summed E-state index contributed by atoms with van der Waals surface area (Å²) >= 11 is 0. The molecule has 2 N–H and O–H groups in total. The molecule has 7 heteroatoms. The van der Waals surface area contributed by atoms with E-state index in [1.54, 1.807) is 0 Å². The number of hydrogen-bond donors (Lipinski definition) is 2. The Morgan fingerprint density at radius 1 is 0.774 bits per heavy atom. The van der Waals surface area contributed by atoms with Crippen LogP contribution in [0.4, 0.5) is 23.3 Å². The molecule has 7 nitrogen and oxygen atoms in total. The minimum Gasteiger partial charge on any atom is -0.460 e. The summed E-state index contributed by atoms with van der Waals surface area (Å²) < 4.78 is 5.31. The number of ether oxygens (including phenoxy) is 1. The number of esters is 1. The fourth-order valence-electron chi connectivity index (χ4n) is 3.30. The van der Waals surface area contributed by atoms with Gasteiger partial charge in [-0.25, -0.2) is 4.79 Å². The number of rotatable bonds is 8. The van der Waals surface area contributed by atoms with Crippen molar-refractivity contribution in [1.29, 1.82) is 0 Å². The van der Waals surface area contributed by atoms with Crippen molar-refractivity contribution in [2.75, 3.05) is 17.2 Å². The molecule has 0 aliphatic heterocycles. The number of benzene rings is 2. The maximum Gasteiger partial charge on any atom is 0.376 e. The van der Waals surface area contributed by atoms with Crippen molar-refractivity contribution in [3.8, 4) is 0 Å². The summed E-state index contributed by atoms with van der Waals surface area (Å²) in [6.07, 6.45) is 1.72. The third-order valence-corrected chi connectivity index (χ3v) is 4.50. The second kappa shape index (κ2) is 10.0. The van der Waals surface area contributed by atoms with Crippen LogP contribution in [0.25, 0.3) is 0 Å². The molecule has 0 aliphatic carbocycles. The molecule has 2 aromatic carbocycles. The van der Waals surface area contributed by atoms with Crippen molar-refractivity contribution in [2.45, 2.75) is 47.5 Å². The van der Waals surface area contributed by atoms with E-state index < -0.39 is 5.97 Å². The van der Waals surface area contributed by atoms with Gasteiger partial charge in [-0.05, 0) is 80.6 Å². The molecule has 1 heterocycles. The molecular weight excluding hydrogens is 390 g/mol. The summed E-state index contributed by atoms with van der Waals surface area (Å²) in [6.45, 7) is 10.5. The summed E-state index contributed by atoms with van der Waals surface area (Å²) in [5.74, 6) is -0.0590. The van der Waals surface area contributed by atoms with E-state index in [4.69, 9.17) is 4.74 Å². The van der Waals surface area contributed by atoms with Crippen LogP contribution >= 0.6 is 0 Å². The molecule has 31 heavy (non-hydrogen) atoms. The number of aryl methyl sites for hydroxylation is 4. The lowest BCUT2D eigenvalue weighted by molar-refractivity contribution is 0.0485. The van der Waals surface area contributed by atoms with Gasteiger partial charge in [-0.2, -0.15) is 15.0 Å². The molecule has 0 amide bonds. The molecule has 0 radical (unpaired) electrons. The Balaban J connectivity index is 1.93. The Labute approximate surface area is 183 Å². The van der Waals surface area contributed by atoms with E-state index in [1.165, 1.54) is 0 Å². The lowest BCUT2D eigenvalue weighted by Gasteiger charge is -2.12. The first-order valence-corrected chi connectivity index (χ1v) is 10.5. The maximum atomic E-state index is 12.5. The summed E-state index contributed by atoms with van der Waals surface area (Å²) in [5.41, 5.74) is 6.14. The van der Waals surface area contributed by atoms with Crippen LogP contribution in [0, 0.1) is 27.7 Å². The van der Waals surface area contributed by atoms with E-state index in [0.29, 0.717) is 6.61 Å². The zero-order valence-corrected chi connectivity index (χ0v) is 18.7. The molecule has 0 unspecified atom stereocenters. The van der Waals surface area contributed by atoms with Crippen molar-refractivity contribution in [3.63, 3.8) is 0 Å². The Kier molecular flexibility index (Phi) is 7.18. The van der Waals surface area contributed by atoms with E-state index in [2.05, 4.69) is 37.7 Å². The Morgan fingerprint density at radius 2 is 1.23 bits per heavy atom. The SMILES string of the molecule is CCCCOC(=O)c1nc(Nc2cc(C)cc(C)c2)nc(Nc2cc(C)cc(C)c2)n1. The molecule has 162 valence electrons. The molecule has 0 fully saturated rings. The van der Waals surface area contributed by atoms with Crippen molar-refractivity contribution in [2.24, 2.45) is 0 Å². The number of hydrogen-bond acceptors (Lipinski definition) is 7. The monoisotopic (exact) mass is 419 g/mol. The zero-order valence-electron chi connectivity index (χ0n) is 18.7. The van der Waals surface area contributed by atoms with Crippen molar-refractivity contribution in [1.82, 2.24) is 15.0 Å². The number of unbranched alkanes of at least 4 members (excludes halogenated alkanes) is 1. The number of nitrogens with zero attached hydrogens (tertiary/aromatic N) is 3. The molecule has 3 aromatic rings. The van der Waals surface area contributed by atoms with E-state index >= 15 is 0 Å². The number of carbonyl (C=O) groups excluding carboxylic acids is 1. The quantitative estimate of drug-likeness (QED) is 0.365. The standard InChI is InChI=1S/C24H29N5O2/c1-6-7-8-31-22(30)21-27-23(25-19-11-15(2)9-16(3)12-19)29-24(28-21)26-20-13-17(4)10-18(5)14-20/h9-14H,6-8H2,1-5H3,(H2,25,26,27,28,29). The second-order valence-corrected chi connectivity index (χ2v) is 7.80. The first kappa shape index (κ1) is 22.2. The summed E-state index contributed by atoms with van der Waals surface area (Å²) in [5, 5.41) is 6.37. The molecule has 1 aromatic heterocycles. The van der Waals surface area contributed by atoms with Crippen LogP contribution in [0.3, 0.4) is 0 Å². The van der Waals surface area contributed by atoms with Crippen LogP contribution in [-0.4, -0.2) is 27.5 Å². The van der Waals surface area contributed by atoms with E-state index in [-0.39, 0.29) is 17.7 Å². The lowest BCUT2D eigenvalue weighted by Crippen LogP contribution is -2.15. The fraction of sp³-hybridized carbons (Fsp3) is 0.333. The van der Waals surface area contributed by atoms with Gasteiger partial charge in [0.25, 0.3) is 0 Å². The first-order valence-electron chi connectivity index (χ1n) is 10.5. The van der Waals surface area contributed by atoms with Gasteiger partial charge in [0.05, 0.1) is 6.61 Å². The highest BCUT2D eigenvalue weighted by Crippen LogP contribution is 2.21. The van der Waals surface area contributed by atoms with Gasteiger partial charge in [-0.1, -0.05) is 25.5 Å². The number of carbonyl (C=O) groups is 1.